The van der Waals surface area contributed by atoms with Crippen molar-refractivity contribution in [1.29, 1.82) is 0 Å². The molecule has 1 rings (SSSR count). The van der Waals surface area contributed by atoms with Crippen LogP contribution in [0.4, 0.5) is 4.39 Å². The monoisotopic (exact) mass is 284 g/mol. The maximum absolute atomic E-state index is 14.1. The lowest BCUT2D eigenvalue weighted by Crippen LogP contribution is -2.25. The van der Waals surface area contributed by atoms with Crippen molar-refractivity contribution >= 4 is 17.2 Å². The first-order valence-electron chi connectivity index (χ1n) is 6.29. The SMILES string of the molecule is CC(C)OCCN(C)Cc1cccc(C(N)=S)c1F. The average Bonchev–Trinajstić information content (AvgIpc) is 2.31. The third kappa shape index (κ3) is 5.22. The fourth-order valence-electron chi connectivity index (χ4n) is 1.71. The van der Waals surface area contributed by atoms with Gasteiger partial charge in [-0.1, -0.05) is 24.4 Å². The molecule has 0 amide bonds. The van der Waals surface area contributed by atoms with Crippen LogP contribution in [0.25, 0.3) is 0 Å². The normalized spacial score (nSPS) is 11.3. The standard InChI is InChI=1S/C14H21FN2OS/c1-10(2)18-8-7-17(3)9-11-5-4-6-12(13(11)15)14(16)19/h4-6,10H,7-9H2,1-3H3,(H2,16,19). The zero-order valence-electron chi connectivity index (χ0n) is 11.6. The molecule has 0 fully saturated rings. The molecule has 1 aromatic carbocycles. The molecule has 0 aliphatic heterocycles. The number of benzene rings is 1. The van der Waals surface area contributed by atoms with E-state index in [1.165, 1.54) is 0 Å². The summed E-state index contributed by atoms with van der Waals surface area (Å²) in [6.45, 7) is 5.86. The first-order valence-corrected chi connectivity index (χ1v) is 6.70. The second kappa shape index (κ2) is 7.53. The number of hydrogen-bond donors (Lipinski definition) is 1. The van der Waals surface area contributed by atoms with Crippen molar-refractivity contribution in [3.63, 3.8) is 0 Å². The van der Waals surface area contributed by atoms with Crippen molar-refractivity contribution in [2.24, 2.45) is 5.73 Å². The summed E-state index contributed by atoms with van der Waals surface area (Å²) in [5.74, 6) is -0.327. The topological polar surface area (TPSA) is 38.5 Å². The lowest BCUT2D eigenvalue weighted by atomic mass is 10.1. The summed E-state index contributed by atoms with van der Waals surface area (Å²) in [6.07, 6.45) is 0.211. The van der Waals surface area contributed by atoms with Gasteiger partial charge in [-0.2, -0.15) is 0 Å². The Bertz CT molecular complexity index is 437. The van der Waals surface area contributed by atoms with Gasteiger partial charge in [0.15, 0.2) is 0 Å². The van der Waals surface area contributed by atoms with E-state index in [9.17, 15) is 4.39 Å². The van der Waals surface area contributed by atoms with Crippen molar-refractivity contribution in [2.75, 3.05) is 20.2 Å². The second-order valence-corrected chi connectivity index (χ2v) is 5.24. The number of rotatable bonds is 7. The molecule has 0 spiro atoms. The predicted molar refractivity (Wildman–Crippen MR) is 79.7 cm³/mol. The van der Waals surface area contributed by atoms with Crippen LogP contribution in [-0.4, -0.2) is 36.2 Å². The van der Waals surface area contributed by atoms with Gasteiger partial charge in [0.25, 0.3) is 0 Å². The predicted octanol–water partition coefficient (Wildman–Crippen LogP) is 2.32. The van der Waals surface area contributed by atoms with E-state index in [4.69, 9.17) is 22.7 Å². The average molecular weight is 284 g/mol. The number of likely N-dealkylation sites (N-methyl/N-ethyl adjacent to an activating group) is 1. The zero-order chi connectivity index (χ0) is 14.4. The van der Waals surface area contributed by atoms with Crippen LogP contribution in [-0.2, 0) is 11.3 Å². The molecule has 0 aromatic heterocycles. The Labute approximate surface area is 119 Å². The minimum absolute atomic E-state index is 0.0881. The summed E-state index contributed by atoms with van der Waals surface area (Å²) in [5, 5.41) is 0. The van der Waals surface area contributed by atoms with Gasteiger partial charge in [-0.15, -0.1) is 0 Å². The molecule has 5 heteroatoms. The number of thiocarbonyl (C=S) groups is 1. The van der Waals surface area contributed by atoms with E-state index >= 15 is 0 Å². The Morgan fingerprint density at radius 1 is 1.47 bits per heavy atom. The van der Waals surface area contributed by atoms with Crippen LogP contribution in [0.3, 0.4) is 0 Å². The first kappa shape index (κ1) is 16.0. The van der Waals surface area contributed by atoms with Gasteiger partial charge < -0.3 is 10.5 Å². The van der Waals surface area contributed by atoms with Crippen LogP contribution >= 0.6 is 12.2 Å². The van der Waals surface area contributed by atoms with E-state index in [1.54, 1.807) is 18.2 Å². The van der Waals surface area contributed by atoms with Crippen molar-refractivity contribution < 1.29 is 9.13 Å². The molecule has 0 atom stereocenters. The maximum atomic E-state index is 14.1. The minimum atomic E-state index is -0.327. The second-order valence-electron chi connectivity index (χ2n) is 4.80. The van der Waals surface area contributed by atoms with Crippen LogP contribution in [0.15, 0.2) is 18.2 Å². The summed E-state index contributed by atoms with van der Waals surface area (Å²) in [7, 11) is 1.93. The van der Waals surface area contributed by atoms with Gasteiger partial charge in [-0.05, 0) is 27.0 Å². The lowest BCUT2D eigenvalue weighted by Gasteiger charge is -2.18. The highest BCUT2D eigenvalue weighted by Gasteiger charge is 2.11. The highest BCUT2D eigenvalue weighted by atomic mass is 32.1. The van der Waals surface area contributed by atoms with E-state index in [2.05, 4.69) is 0 Å². The van der Waals surface area contributed by atoms with Gasteiger partial charge in [0, 0.05) is 24.2 Å². The molecular formula is C14H21FN2OS. The third-order valence-electron chi connectivity index (χ3n) is 2.71. The van der Waals surface area contributed by atoms with Gasteiger partial charge >= 0.3 is 0 Å². The van der Waals surface area contributed by atoms with Crippen LogP contribution in [0.2, 0.25) is 0 Å². The molecule has 0 heterocycles. The number of ether oxygens (including phenoxy) is 1. The van der Waals surface area contributed by atoms with E-state index < -0.39 is 0 Å². The fourth-order valence-corrected chi connectivity index (χ4v) is 1.86. The zero-order valence-corrected chi connectivity index (χ0v) is 12.5. The summed E-state index contributed by atoms with van der Waals surface area (Å²) in [4.78, 5) is 2.09. The van der Waals surface area contributed by atoms with Gasteiger partial charge in [0.05, 0.1) is 12.7 Å². The number of hydrogen-bond acceptors (Lipinski definition) is 3. The molecule has 1 aromatic rings. The van der Waals surface area contributed by atoms with Crippen molar-refractivity contribution in [3.05, 3.63) is 35.1 Å². The fraction of sp³-hybridized carbons (Fsp3) is 0.500. The van der Waals surface area contributed by atoms with Gasteiger partial charge in [0.2, 0.25) is 0 Å². The van der Waals surface area contributed by atoms with Crippen LogP contribution in [0.1, 0.15) is 25.0 Å². The van der Waals surface area contributed by atoms with Crippen LogP contribution in [0.5, 0.6) is 0 Å². The summed E-state index contributed by atoms with van der Waals surface area (Å²) >= 11 is 4.83. The van der Waals surface area contributed by atoms with E-state index in [0.717, 1.165) is 6.54 Å². The number of nitrogens with zero attached hydrogens (tertiary/aromatic N) is 1. The van der Waals surface area contributed by atoms with Crippen molar-refractivity contribution in [1.82, 2.24) is 4.90 Å². The Morgan fingerprint density at radius 2 is 2.16 bits per heavy atom. The quantitative estimate of drug-likeness (QED) is 0.780. The molecule has 0 unspecified atom stereocenters. The van der Waals surface area contributed by atoms with Crippen LogP contribution in [0, 0.1) is 5.82 Å². The smallest absolute Gasteiger partial charge is 0.137 e. The molecule has 0 saturated heterocycles. The highest BCUT2D eigenvalue weighted by Crippen LogP contribution is 2.14. The van der Waals surface area contributed by atoms with Crippen molar-refractivity contribution in [2.45, 2.75) is 26.5 Å². The first-order chi connectivity index (χ1) is 8.91. The molecule has 0 aliphatic rings. The van der Waals surface area contributed by atoms with Gasteiger partial charge in [-0.25, -0.2) is 4.39 Å². The largest absolute Gasteiger partial charge is 0.389 e. The van der Waals surface area contributed by atoms with E-state index in [0.29, 0.717) is 24.3 Å². The van der Waals surface area contributed by atoms with E-state index in [1.807, 2.05) is 25.8 Å². The Hall–Kier alpha value is -1.04. The van der Waals surface area contributed by atoms with Crippen molar-refractivity contribution in [3.8, 4) is 0 Å². The number of halogens is 1. The van der Waals surface area contributed by atoms with Gasteiger partial charge in [-0.3, -0.25) is 4.90 Å². The molecule has 0 bridgehead atoms. The maximum Gasteiger partial charge on any atom is 0.137 e. The molecule has 2 N–H and O–H groups in total. The molecule has 0 saturated carbocycles. The van der Waals surface area contributed by atoms with E-state index in [-0.39, 0.29) is 16.9 Å². The summed E-state index contributed by atoms with van der Waals surface area (Å²) in [5.41, 5.74) is 6.39. The third-order valence-corrected chi connectivity index (χ3v) is 2.93. The molecule has 0 aliphatic carbocycles. The minimum Gasteiger partial charge on any atom is -0.389 e. The Kier molecular flexibility index (Phi) is 6.34. The lowest BCUT2D eigenvalue weighted by molar-refractivity contribution is 0.0625. The summed E-state index contributed by atoms with van der Waals surface area (Å²) < 4.78 is 19.6. The molecule has 106 valence electrons. The molecular weight excluding hydrogens is 263 g/mol. The molecule has 0 radical (unpaired) electrons. The molecule has 3 nitrogen and oxygen atoms in total. The summed E-state index contributed by atoms with van der Waals surface area (Å²) in [6, 6.07) is 5.12. The Morgan fingerprint density at radius 3 is 2.74 bits per heavy atom. The molecule has 19 heavy (non-hydrogen) atoms. The Balaban J connectivity index is 2.61. The van der Waals surface area contributed by atoms with Gasteiger partial charge in [0.1, 0.15) is 10.8 Å². The van der Waals surface area contributed by atoms with Crippen LogP contribution < -0.4 is 5.73 Å². The number of nitrogens with two attached hydrogens (primary N) is 1. The highest BCUT2D eigenvalue weighted by molar-refractivity contribution is 7.80.